The zero-order chi connectivity index (χ0) is 5.70. The second-order valence-electron chi connectivity index (χ2n) is 2.01. The summed E-state index contributed by atoms with van der Waals surface area (Å²) in [7, 11) is 4.16. The normalized spacial score (nSPS) is 8.00. The van der Waals surface area contributed by atoms with Gasteiger partial charge in [-0.25, -0.2) is 0 Å². The van der Waals surface area contributed by atoms with E-state index in [0.29, 0.717) is 0 Å². The van der Waals surface area contributed by atoms with Crippen molar-refractivity contribution in [3.8, 4) is 0 Å². The van der Waals surface area contributed by atoms with Gasteiger partial charge >= 0.3 is 19.5 Å². The first-order valence-electron chi connectivity index (χ1n) is 2.71. The summed E-state index contributed by atoms with van der Waals surface area (Å²) in [4.78, 5) is 2.17. The Balaban J connectivity index is -0.000000180. The SMILES string of the molecule is [CH2-]CCCN(C)C.[CH3-].[Zn+2]. The van der Waals surface area contributed by atoms with Gasteiger partial charge < -0.3 is 19.3 Å². The summed E-state index contributed by atoms with van der Waals surface area (Å²) in [6, 6.07) is 0. The molecule has 0 heterocycles. The van der Waals surface area contributed by atoms with Gasteiger partial charge in [-0.1, -0.05) is 6.42 Å². The quantitative estimate of drug-likeness (QED) is 0.471. The molecule has 0 aromatic carbocycles. The zero-order valence-electron chi connectivity index (χ0n) is 6.98. The Hall–Kier alpha value is 0.583. The second-order valence-corrected chi connectivity index (χ2v) is 2.01. The van der Waals surface area contributed by atoms with Crippen LogP contribution in [0.3, 0.4) is 0 Å². The van der Waals surface area contributed by atoms with Gasteiger partial charge in [-0.3, -0.25) is 0 Å². The van der Waals surface area contributed by atoms with Crippen LogP contribution in [-0.4, -0.2) is 25.5 Å². The molecule has 0 atom stereocenters. The summed E-state index contributed by atoms with van der Waals surface area (Å²) in [5, 5.41) is 0. The minimum atomic E-state index is 0. The molecule has 0 aliphatic carbocycles. The van der Waals surface area contributed by atoms with Gasteiger partial charge in [-0.05, 0) is 20.6 Å². The number of hydrogen-bond acceptors (Lipinski definition) is 1. The first-order valence-corrected chi connectivity index (χ1v) is 2.71. The van der Waals surface area contributed by atoms with E-state index in [4.69, 9.17) is 0 Å². The molecule has 0 aromatic heterocycles. The van der Waals surface area contributed by atoms with E-state index in [9.17, 15) is 0 Å². The van der Waals surface area contributed by atoms with Crippen LogP contribution in [0, 0.1) is 14.4 Å². The van der Waals surface area contributed by atoms with E-state index in [1.807, 2.05) is 0 Å². The zero-order valence-corrected chi connectivity index (χ0v) is 9.95. The predicted octanol–water partition coefficient (Wildman–Crippen LogP) is 1.61. The number of unbranched alkanes of at least 4 members (excludes halogenated alkanes) is 1. The fourth-order valence-electron chi connectivity index (χ4n) is 0.428. The van der Waals surface area contributed by atoms with Gasteiger partial charge in [0.1, 0.15) is 0 Å². The Labute approximate surface area is 72.6 Å². The van der Waals surface area contributed by atoms with Crippen molar-refractivity contribution in [2.24, 2.45) is 0 Å². The fourth-order valence-corrected chi connectivity index (χ4v) is 0.428. The third-order valence-electron chi connectivity index (χ3n) is 0.855. The third kappa shape index (κ3) is 17.7. The van der Waals surface area contributed by atoms with E-state index < -0.39 is 0 Å². The Morgan fingerprint density at radius 2 is 1.78 bits per heavy atom. The van der Waals surface area contributed by atoms with Crippen LogP contribution in [-0.2, 0) is 19.5 Å². The summed E-state index contributed by atoms with van der Waals surface area (Å²) in [5.74, 6) is 0. The maximum atomic E-state index is 3.73. The average Bonchev–Trinajstić information content (AvgIpc) is 1.61. The summed E-state index contributed by atoms with van der Waals surface area (Å²) in [5.41, 5.74) is 0. The average molecular weight is 181 g/mol. The Kier molecular flexibility index (Phi) is 20.6. The van der Waals surface area contributed by atoms with E-state index in [1.54, 1.807) is 0 Å². The van der Waals surface area contributed by atoms with Crippen LogP contribution in [0.1, 0.15) is 12.8 Å². The molecule has 1 nitrogen and oxygen atoms in total. The first-order chi connectivity index (χ1) is 3.27. The molecule has 0 spiro atoms. The molecule has 0 radical (unpaired) electrons. The monoisotopic (exact) mass is 179 g/mol. The molecule has 52 valence electrons. The van der Waals surface area contributed by atoms with Crippen molar-refractivity contribution >= 4 is 0 Å². The van der Waals surface area contributed by atoms with E-state index >= 15 is 0 Å². The van der Waals surface area contributed by atoms with Crippen LogP contribution < -0.4 is 0 Å². The molecule has 0 N–H and O–H groups in total. The van der Waals surface area contributed by atoms with Crippen LogP contribution in [0.4, 0.5) is 0 Å². The minimum absolute atomic E-state index is 0. The molecule has 0 saturated carbocycles. The molecule has 0 aromatic rings. The van der Waals surface area contributed by atoms with E-state index in [-0.39, 0.29) is 26.9 Å². The van der Waals surface area contributed by atoms with E-state index in [0.717, 1.165) is 6.42 Å². The van der Waals surface area contributed by atoms with Crippen molar-refractivity contribution in [3.05, 3.63) is 14.4 Å². The summed E-state index contributed by atoms with van der Waals surface area (Å²) < 4.78 is 0. The smallest absolute Gasteiger partial charge is 0.358 e. The molecule has 2 heteroatoms. The fraction of sp³-hybridized carbons (Fsp3) is 0.714. The molecular weight excluding hydrogens is 163 g/mol. The molecule has 0 saturated heterocycles. The summed E-state index contributed by atoms with van der Waals surface area (Å²) in [6.45, 7) is 4.90. The van der Waals surface area contributed by atoms with Crippen molar-refractivity contribution in [3.63, 3.8) is 0 Å². The number of nitrogens with zero attached hydrogens (tertiary/aromatic N) is 1. The number of hydrogen-bond donors (Lipinski definition) is 0. The molecule has 0 fully saturated rings. The molecular formula is C7H17NZn. The Morgan fingerprint density at radius 1 is 1.33 bits per heavy atom. The topological polar surface area (TPSA) is 3.24 Å². The Morgan fingerprint density at radius 3 is 1.89 bits per heavy atom. The van der Waals surface area contributed by atoms with Gasteiger partial charge in [0, 0.05) is 0 Å². The second kappa shape index (κ2) is 11.4. The molecule has 0 aliphatic heterocycles. The van der Waals surface area contributed by atoms with Gasteiger partial charge in [0.2, 0.25) is 0 Å². The van der Waals surface area contributed by atoms with Crippen LogP contribution in [0.2, 0.25) is 0 Å². The summed E-state index contributed by atoms with van der Waals surface area (Å²) in [6.07, 6.45) is 2.27. The number of rotatable bonds is 3. The Bertz CT molecular complexity index is 37.9. The van der Waals surface area contributed by atoms with Gasteiger partial charge in [0.25, 0.3) is 0 Å². The third-order valence-corrected chi connectivity index (χ3v) is 0.855. The van der Waals surface area contributed by atoms with Crippen LogP contribution in [0.5, 0.6) is 0 Å². The van der Waals surface area contributed by atoms with Crippen molar-refractivity contribution < 1.29 is 19.5 Å². The van der Waals surface area contributed by atoms with Crippen LogP contribution in [0.25, 0.3) is 0 Å². The molecule has 9 heavy (non-hydrogen) atoms. The van der Waals surface area contributed by atoms with Gasteiger partial charge in [-0.2, -0.15) is 6.42 Å². The molecule has 0 aliphatic rings. The maximum absolute atomic E-state index is 3.73. The first kappa shape index (κ1) is 16.3. The van der Waals surface area contributed by atoms with E-state index in [2.05, 4.69) is 25.9 Å². The van der Waals surface area contributed by atoms with Crippen LogP contribution >= 0.6 is 0 Å². The molecule has 0 rings (SSSR count). The van der Waals surface area contributed by atoms with Gasteiger partial charge in [0.15, 0.2) is 0 Å². The van der Waals surface area contributed by atoms with Crippen molar-refractivity contribution in [2.75, 3.05) is 20.6 Å². The standard InChI is InChI=1S/C6H14N.CH3.Zn/c1-4-5-6-7(2)3;;/h1,4-6H2,2-3H3;1H3;/q2*-1;+2. The van der Waals surface area contributed by atoms with Crippen molar-refractivity contribution in [1.82, 2.24) is 4.90 Å². The molecule has 0 bridgehead atoms. The molecule has 0 unspecified atom stereocenters. The van der Waals surface area contributed by atoms with Crippen LogP contribution in [0.15, 0.2) is 0 Å². The largest absolute Gasteiger partial charge is 2.00 e. The summed E-state index contributed by atoms with van der Waals surface area (Å²) >= 11 is 0. The van der Waals surface area contributed by atoms with Crippen molar-refractivity contribution in [1.29, 1.82) is 0 Å². The predicted molar refractivity (Wildman–Crippen MR) is 39.6 cm³/mol. The van der Waals surface area contributed by atoms with Crippen molar-refractivity contribution in [2.45, 2.75) is 12.8 Å². The molecule has 0 amide bonds. The van der Waals surface area contributed by atoms with Gasteiger partial charge in [0.05, 0.1) is 0 Å². The van der Waals surface area contributed by atoms with Gasteiger partial charge in [-0.15, -0.1) is 0 Å². The van der Waals surface area contributed by atoms with E-state index in [1.165, 1.54) is 13.0 Å². The minimum Gasteiger partial charge on any atom is -0.358 e. The maximum Gasteiger partial charge on any atom is 2.00 e.